The predicted octanol–water partition coefficient (Wildman–Crippen LogP) is 3.74. The maximum absolute atomic E-state index is 12.8. The summed E-state index contributed by atoms with van der Waals surface area (Å²) in [5.74, 6) is -0.968. The van der Waals surface area contributed by atoms with Crippen molar-refractivity contribution in [1.29, 1.82) is 0 Å². The molecule has 0 saturated carbocycles. The highest BCUT2D eigenvalue weighted by atomic mass is 16.5. The van der Waals surface area contributed by atoms with Gasteiger partial charge in [-0.05, 0) is 57.2 Å². The summed E-state index contributed by atoms with van der Waals surface area (Å²) in [7, 11) is 3.89. The molecule has 2 aromatic carbocycles. The number of para-hydroxylation sites is 1. The van der Waals surface area contributed by atoms with Gasteiger partial charge in [0.25, 0.3) is 5.91 Å². The summed E-state index contributed by atoms with van der Waals surface area (Å²) >= 11 is 0. The van der Waals surface area contributed by atoms with Gasteiger partial charge in [-0.2, -0.15) is 5.10 Å². The average molecular weight is 406 g/mol. The number of nitrogens with zero attached hydrogens (tertiary/aromatic N) is 3. The number of ether oxygens (including phenoxy) is 1. The molecule has 0 radical (unpaired) electrons. The molecule has 0 aliphatic carbocycles. The lowest BCUT2D eigenvalue weighted by atomic mass is 10.2. The van der Waals surface area contributed by atoms with Crippen molar-refractivity contribution in [3.05, 3.63) is 71.5 Å². The standard InChI is InChI=1S/C23H26N4O3/c1-15-21(16(2)27(25-15)20-9-7-6-8-10-20)23(29)30-17(3)22(28)24-18-11-13-19(14-12-18)26(4)5/h6-14,17H,1-5H3,(H,24,28). The molecule has 1 atom stereocenters. The first-order chi connectivity index (χ1) is 14.3. The van der Waals surface area contributed by atoms with Crippen molar-refractivity contribution < 1.29 is 14.3 Å². The first kappa shape index (κ1) is 21.1. The van der Waals surface area contributed by atoms with Crippen LogP contribution in [0.3, 0.4) is 0 Å². The van der Waals surface area contributed by atoms with Crippen LogP contribution in [0.2, 0.25) is 0 Å². The van der Waals surface area contributed by atoms with E-state index in [1.807, 2.05) is 61.5 Å². The van der Waals surface area contributed by atoms with Gasteiger partial charge in [-0.1, -0.05) is 18.2 Å². The Morgan fingerprint density at radius 3 is 2.27 bits per heavy atom. The minimum atomic E-state index is -0.954. The third-order valence-electron chi connectivity index (χ3n) is 4.80. The van der Waals surface area contributed by atoms with Gasteiger partial charge in [-0.15, -0.1) is 0 Å². The summed E-state index contributed by atoms with van der Waals surface area (Å²) in [5.41, 5.74) is 4.09. The Kier molecular flexibility index (Phi) is 6.20. The van der Waals surface area contributed by atoms with Crippen LogP contribution >= 0.6 is 0 Å². The van der Waals surface area contributed by atoms with Gasteiger partial charge in [0.1, 0.15) is 5.56 Å². The molecule has 1 N–H and O–H groups in total. The lowest BCUT2D eigenvalue weighted by molar-refractivity contribution is -0.123. The topological polar surface area (TPSA) is 76.5 Å². The fourth-order valence-corrected chi connectivity index (χ4v) is 3.12. The number of esters is 1. The van der Waals surface area contributed by atoms with Gasteiger partial charge in [0.05, 0.1) is 17.1 Å². The fraction of sp³-hybridized carbons (Fsp3) is 0.261. The third kappa shape index (κ3) is 4.51. The van der Waals surface area contributed by atoms with Crippen molar-refractivity contribution in [2.24, 2.45) is 0 Å². The minimum absolute atomic E-state index is 0.369. The quantitative estimate of drug-likeness (QED) is 0.631. The van der Waals surface area contributed by atoms with E-state index in [-0.39, 0.29) is 0 Å². The third-order valence-corrected chi connectivity index (χ3v) is 4.80. The number of carbonyl (C=O) groups excluding carboxylic acids is 2. The summed E-state index contributed by atoms with van der Waals surface area (Å²) in [6, 6.07) is 17.0. The molecule has 0 fully saturated rings. The van der Waals surface area contributed by atoms with Gasteiger partial charge >= 0.3 is 5.97 Å². The number of amides is 1. The van der Waals surface area contributed by atoms with Gasteiger partial charge in [0, 0.05) is 25.5 Å². The number of rotatable bonds is 6. The number of aryl methyl sites for hydroxylation is 1. The predicted molar refractivity (Wildman–Crippen MR) is 117 cm³/mol. The second kappa shape index (κ2) is 8.82. The van der Waals surface area contributed by atoms with E-state index in [4.69, 9.17) is 4.74 Å². The smallest absolute Gasteiger partial charge is 0.342 e. The molecule has 0 aliphatic heterocycles. The Hall–Kier alpha value is -3.61. The highest BCUT2D eigenvalue weighted by Gasteiger charge is 2.25. The molecule has 0 aliphatic rings. The molecule has 3 aromatic rings. The average Bonchev–Trinajstić information content (AvgIpc) is 3.03. The second-order valence-corrected chi connectivity index (χ2v) is 7.27. The van der Waals surface area contributed by atoms with Gasteiger partial charge in [-0.25, -0.2) is 9.48 Å². The zero-order valence-corrected chi connectivity index (χ0v) is 17.8. The number of hydrogen-bond donors (Lipinski definition) is 1. The number of carbonyl (C=O) groups is 2. The summed E-state index contributed by atoms with van der Waals surface area (Å²) in [6.45, 7) is 5.11. The molecule has 1 heterocycles. The van der Waals surface area contributed by atoms with Gasteiger partial charge < -0.3 is 15.0 Å². The van der Waals surface area contributed by atoms with Crippen molar-refractivity contribution in [2.45, 2.75) is 26.9 Å². The Morgan fingerprint density at radius 2 is 1.67 bits per heavy atom. The molecule has 7 nitrogen and oxygen atoms in total. The molecule has 0 spiro atoms. The van der Waals surface area contributed by atoms with E-state index >= 15 is 0 Å². The summed E-state index contributed by atoms with van der Waals surface area (Å²) in [5, 5.41) is 7.22. The van der Waals surface area contributed by atoms with Crippen molar-refractivity contribution >= 4 is 23.3 Å². The van der Waals surface area contributed by atoms with E-state index in [0.29, 0.717) is 22.6 Å². The highest BCUT2D eigenvalue weighted by molar-refractivity contribution is 5.98. The monoisotopic (exact) mass is 406 g/mol. The Bertz CT molecular complexity index is 1040. The molecule has 30 heavy (non-hydrogen) atoms. The normalized spacial score (nSPS) is 11.6. The van der Waals surface area contributed by atoms with Crippen LogP contribution in [0.4, 0.5) is 11.4 Å². The molecule has 7 heteroatoms. The second-order valence-electron chi connectivity index (χ2n) is 7.27. The van der Waals surface area contributed by atoms with Crippen LogP contribution in [0.1, 0.15) is 28.7 Å². The largest absolute Gasteiger partial charge is 0.449 e. The molecule has 1 unspecified atom stereocenters. The zero-order valence-electron chi connectivity index (χ0n) is 17.8. The SMILES string of the molecule is Cc1nn(-c2ccccc2)c(C)c1C(=O)OC(C)C(=O)Nc1ccc(N(C)C)cc1. The maximum Gasteiger partial charge on any atom is 0.342 e. The van der Waals surface area contributed by atoms with E-state index in [9.17, 15) is 9.59 Å². The number of benzene rings is 2. The summed E-state index contributed by atoms with van der Waals surface area (Å²) in [6.07, 6.45) is -0.954. The minimum Gasteiger partial charge on any atom is -0.449 e. The van der Waals surface area contributed by atoms with Crippen molar-refractivity contribution in [1.82, 2.24) is 9.78 Å². The van der Waals surface area contributed by atoms with Crippen molar-refractivity contribution in [2.75, 3.05) is 24.3 Å². The molecule has 156 valence electrons. The van der Waals surface area contributed by atoms with Crippen molar-refractivity contribution in [3.8, 4) is 5.69 Å². The molecule has 0 saturated heterocycles. The van der Waals surface area contributed by atoms with Crippen LogP contribution in [0.25, 0.3) is 5.69 Å². The van der Waals surface area contributed by atoms with E-state index in [2.05, 4.69) is 10.4 Å². The highest BCUT2D eigenvalue weighted by Crippen LogP contribution is 2.20. The molecule has 0 bridgehead atoms. The van der Waals surface area contributed by atoms with Crippen LogP contribution in [0.15, 0.2) is 54.6 Å². The zero-order chi connectivity index (χ0) is 21.8. The van der Waals surface area contributed by atoms with Crippen molar-refractivity contribution in [3.63, 3.8) is 0 Å². The van der Waals surface area contributed by atoms with Crippen LogP contribution in [-0.4, -0.2) is 41.9 Å². The number of nitrogens with one attached hydrogen (secondary N) is 1. The molecular formula is C23H26N4O3. The van der Waals surface area contributed by atoms with E-state index in [1.165, 1.54) is 0 Å². The molecule has 1 aromatic heterocycles. The Morgan fingerprint density at radius 1 is 1.03 bits per heavy atom. The first-order valence-electron chi connectivity index (χ1n) is 9.69. The number of anilines is 2. The van der Waals surface area contributed by atoms with Gasteiger partial charge in [0.15, 0.2) is 6.10 Å². The van der Waals surface area contributed by atoms with Gasteiger partial charge in [-0.3, -0.25) is 4.79 Å². The van der Waals surface area contributed by atoms with E-state index < -0.39 is 18.0 Å². The Labute approximate surface area is 176 Å². The molecule has 3 rings (SSSR count). The van der Waals surface area contributed by atoms with Crippen LogP contribution in [0.5, 0.6) is 0 Å². The Balaban J connectivity index is 1.69. The van der Waals surface area contributed by atoms with Crippen LogP contribution < -0.4 is 10.2 Å². The number of aromatic nitrogens is 2. The number of hydrogen-bond acceptors (Lipinski definition) is 5. The summed E-state index contributed by atoms with van der Waals surface area (Å²) in [4.78, 5) is 27.2. The van der Waals surface area contributed by atoms with Gasteiger partial charge in [0.2, 0.25) is 0 Å². The fourth-order valence-electron chi connectivity index (χ4n) is 3.12. The molecule has 1 amide bonds. The first-order valence-corrected chi connectivity index (χ1v) is 9.69. The van der Waals surface area contributed by atoms with E-state index in [1.54, 1.807) is 37.6 Å². The molecular weight excluding hydrogens is 380 g/mol. The van der Waals surface area contributed by atoms with Crippen LogP contribution in [0, 0.1) is 13.8 Å². The summed E-state index contributed by atoms with van der Waals surface area (Å²) < 4.78 is 7.13. The maximum atomic E-state index is 12.8. The van der Waals surface area contributed by atoms with Crippen LogP contribution in [-0.2, 0) is 9.53 Å². The lowest BCUT2D eigenvalue weighted by Gasteiger charge is -2.15. The van der Waals surface area contributed by atoms with E-state index in [0.717, 1.165) is 11.4 Å². The lowest BCUT2D eigenvalue weighted by Crippen LogP contribution is -2.30.